The standard InChI is InChI=1S/C15H17N3O2S/c1-9(2)13-8-16-15(21-13)18-14(20)11-6-4-5-7-12(11)17-10(3)19/h4-8,15-16H,1H2,2-3H3,(H,17,19)(H,18,20). The highest BCUT2D eigenvalue weighted by molar-refractivity contribution is 8.04. The second kappa shape index (κ2) is 6.49. The molecule has 1 aliphatic rings. The second-order valence-corrected chi connectivity index (χ2v) is 5.80. The van der Waals surface area contributed by atoms with Crippen LogP contribution in [0.3, 0.4) is 0 Å². The van der Waals surface area contributed by atoms with Crippen LogP contribution in [0, 0.1) is 0 Å². The van der Waals surface area contributed by atoms with Crippen LogP contribution < -0.4 is 16.0 Å². The van der Waals surface area contributed by atoms with Crippen LogP contribution in [0.15, 0.2) is 47.5 Å². The van der Waals surface area contributed by atoms with Crippen LogP contribution in [-0.4, -0.2) is 17.3 Å². The van der Waals surface area contributed by atoms with Gasteiger partial charge in [-0.15, -0.1) is 0 Å². The summed E-state index contributed by atoms with van der Waals surface area (Å²) in [7, 11) is 0. The van der Waals surface area contributed by atoms with Crippen LogP contribution >= 0.6 is 11.8 Å². The molecule has 1 unspecified atom stereocenters. The van der Waals surface area contributed by atoms with Gasteiger partial charge in [-0.3, -0.25) is 9.59 Å². The Morgan fingerprint density at radius 1 is 1.29 bits per heavy atom. The number of carbonyl (C=O) groups is 2. The monoisotopic (exact) mass is 303 g/mol. The van der Waals surface area contributed by atoms with Crippen molar-refractivity contribution in [3.8, 4) is 0 Å². The third-order valence-corrected chi connectivity index (χ3v) is 3.99. The van der Waals surface area contributed by atoms with E-state index in [0.717, 1.165) is 10.5 Å². The van der Waals surface area contributed by atoms with E-state index in [-0.39, 0.29) is 17.3 Å². The first kappa shape index (κ1) is 15.2. The Morgan fingerprint density at radius 3 is 2.62 bits per heavy atom. The maximum Gasteiger partial charge on any atom is 0.255 e. The third kappa shape index (κ3) is 3.88. The molecule has 0 saturated heterocycles. The van der Waals surface area contributed by atoms with Gasteiger partial charge >= 0.3 is 0 Å². The fourth-order valence-corrected chi connectivity index (χ4v) is 2.71. The molecule has 0 fully saturated rings. The zero-order valence-electron chi connectivity index (χ0n) is 11.9. The second-order valence-electron chi connectivity index (χ2n) is 4.65. The predicted octanol–water partition coefficient (Wildman–Crippen LogP) is 2.41. The molecule has 0 bridgehead atoms. The molecule has 0 saturated carbocycles. The number of anilines is 1. The summed E-state index contributed by atoms with van der Waals surface area (Å²) in [5.74, 6) is -0.462. The summed E-state index contributed by atoms with van der Waals surface area (Å²) in [6, 6.07) is 6.90. The zero-order valence-corrected chi connectivity index (χ0v) is 12.7. The Balaban J connectivity index is 2.05. The van der Waals surface area contributed by atoms with Gasteiger partial charge in [-0.2, -0.15) is 0 Å². The average Bonchev–Trinajstić information content (AvgIpc) is 2.87. The summed E-state index contributed by atoms with van der Waals surface area (Å²) >= 11 is 1.49. The molecular weight excluding hydrogens is 286 g/mol. The lowest BCUT2D eigenvalue weighted by atomic mass is 10.1. The molecule has 1 heterocycles. The maximum atomic E-state index is 12.3. The summed E-state index contributed by atoms with van der Waals surface area (Å²) in [5, 5.41) is 8.58. The first-order valence-electron chi connectivity index (χ1n) is 6.43. The number of allylic oxidation sites excluding steroid dienone is 1. The SMILES string of the molecule is C=C(C)C1=CNC(NC(=O)c2ccccc2NC(C)=O)S1. The van der Waals surface area contributed by atoms with Gasteiger partial charge in [0.2, 0.25) is 5.91 Å². The van der Waals surface area contributed by atoms with Crippen LogP contribution in [0.2, 0.25) is 0 Å². The van der Waals surface area contributed by atoms with Crippen molar-refractivity contribution in [3.05, 3.63) is 53.1 Å². The predicted molar refractivity (Wildman–Crippen MR) is 85.6 cm³/mol. The highest BCUT2D eigenvalue weighted by atomic mass is 32.2. The van der Waals surface area contributed by atoms with Crippen LogP contribution in [0.4, 0.5) is 5.69 Å². The molecule has 1 atom stereocenters. The number of hydrogen-bond donors (Lipinski definition) is 3. The minimum absolute atomic E-state index is 0.213. The van der Waals surface area contributed by atoms with E-state index >= 15 is 0 Å². The Labute approximate surface area is 127 Å². The number of nitrogens with one attached hydrogen (secondary N) is 3. The number of carbonyl (C=O) groups excluding carboxylic acids is 2. The topological polar surface area (TPSA) is 70.2 Å². The van der Waals surface area contributed by atoms with E-state index in [1.54, 1.807) is 24.3 Å². The van der Waals surface area contributed by atoms with E-state index in [0.29, 0.717) is 11.3 Å². The van der Waals surface area contributed by atoms with E-state index in [9.17, 15) is 9.59 Å². The Hall–Kier alpha value is -2.21. The van der Waals surface area contributed by atoms with Crippen LogP contribution in [0.1, 0.15) is 24.2 Å². The quantitative estimate of drug-likeness (QED) is 0.799. The number of para-hydroxylation sites is 1. The fraction of sp³-hybridized carbons (Fsp3) is 0.200. The van der Waals surface area contributed by atoms with Gasteiger partial charge in [-0.1, -0.05) is 30.5 Å². The normalized spacial score (nSPS) is 16.7. The summed E-state index contributed by atoms with van der Waals surface area (Å²) in [6.45, 7) is 7.19. The van der Waals surface area contributed by atoms with Gasteiger partial charge in [0, 0.05) is 18.0 Å². The number of hydrogen-bond acceptors (Lipinski definition) is 4. The third-order valence-electron chi connectivity index (χ3n) is 2.78. The summed E-state index contributed by atoms with van der Waals surface area (Å²) in [4.78, 5) is 24.5. The van der Waals surface area contributed by atoms with Gasteiger partial charge in [-0.05, 0) is 24.6 Å². The van der Waals surface area contributed by atoms with Crippen LogP contribution in [0.25, 0.3) is 0 Å². The van der Waals surface area contributed by atoms with Crippen molar-refractivity contribution in [2.24, 2.45) is 0 Å². The molecule has 0 radical (unpaired) electrons. The largest absolute Gasteiger partial charge is 0.362 e. The lowest BCUT2D eigenvalue weighted by Crippen LogP contribution is -2.38. The number of rotatable bonds is 4. The zero-order chi connectivity index (χ0) is 15.4. The van der Waals surface area contributed by atoms with Crippen LogP contribution in [0.5, 0.6) is 0 Å². The molecule has 5 nitrogen and oxygen atoms in total. The lowest BCUT2D eigenvalue weighted by molar-refractivity contribution is -0.114. The Kier molecular flexibility index (Phi) is 4.70. The van der Waals surface area contributed by atoms with Crippen molar-refractivity contribution in [2.45, 2.75) is 19.3 Å². The van der Waals surface area contributed by atoms with Crippen molar-refractivity contribution in [3.63, 3.8) is 0 Å². The van der Waals surface area contributed by atoms with Crippen molar-refractivity contribution in [2.75, 3.05) is 5.32 Å². The van der Waals surface area contributed by atoms with E-state index in [1.165, 1.54) is 18.7 Å². The van der Waals surface area contributed by atoms with E-state index in [4.69, 9.17) is 0 Å². The highest BCUT2D eigenvalue weighted by Crippen LogP contribution is 2.29. The molecule has 0 aromatic heterocycles. The van der Waals surface area contributed by atoms with Crippen molar-refractivity contribution < 1.29 is 9.59 Å². The first-order valence-corrected chi connectivity index (χ1v) is 7.31. The number of benzene rings is 1. The summed E-state index contributed by atoms with van der Waals surface area (Å²) in [5.41, 5.74) is 1.63. The minimum Gasteiger partial charge on any atom is -0.362 e. The highest BCUT2D eigenvalue weighted by Gasteiger charge is 2.21. The fourth-order valence-electron chi connectivity index (χ4n) is 1.82. The van der Waals surface area contributed by atoms with E-state index < -0.39 is 0 Å². The molecule has 3 N–H and O–H groups in total. The molecule has 2 amide bonds. The van der Waals surface area contributed by atoms with E-state index in [2.05, 4.69) is 22.5 Å². The van der Waals surface area contributed by atoms with Crippen molar-refractivity contribution >= 4 is 29.3 Å². The summed E-state index contributed by atoms with van der Waals surface area (Å²) < 4.78 is 0. The van der Waals surface area contributed by atoms with Gasteiger partial charge in [0.05, 0.1) is 11.3 Å². The van der Waals surface area contributed by atoms with Gasteiger partial charge in [0.25, 0.3) is 5.91 Å². The van der Waals surface area contributed by atoms with Crippen molar-refractivity contribution in [1.29, 1.82) is 0 Å². The number of amides is 2. The van der Waals surface area contributed by atoms with Crippen LogP contribution in [-0.2, 0) is 4.79 Å². The molecule has 0 spiro atoms. The molecule has 2 rings (SSSR count). The smallest absolute Gasteiger partial charge is 0.255 e. The van der Waals surface area contributed by atoms with E-state index in [1.807, 2.05) is 13.1 Å². The average molecular weight is 303 g/mol. The van der Waals surface area contributed by atoms with Gasteiger partial charge in [0.1, 0.15) is 0 Å². The Morgan fingerprint density at radius 2 is 2.00 bits per heavy atom. The summed E-state index contributed by atoms with van der Waals surface area (Å²) in [6.07, 6.45) is 1.83. The molecule has 110 valence electrons. The molecule has 21 heavy (non-hydrogen) atoms. The van der Waals surface area contributed by atoms with Gasteiger partial charge in [0.15, 0.2) is 5.50 Å². The molecule has 1 aromatic rings. The lowest BCUT2D eigenvalue weighted by Gasteiger charge is -2.15. The van der Waals surface area contributed by atoms with Crippen molar-refractivity contribution in [1.82, 2.24) is 10.6 Å². The molecule has 6 heteroatoms. The Bertz CT molecular complexity index is 625. The molecule has 0 aliphatic carbocycles. The molecule has 1 aromatic carbocycles. The minimum atomic E-state index is -0.249. The molecule has 1 aliphatic heterocycles. The van der Waals surface area contributed by atoms with Gasteiger partial charge in [-0.25, -0.2) is 0 Å². The van der Waals surface area contributed by atoms with Gasteiger partial charge < -0.3 is 16.0 Å². The molecular formula is C15H17N3O2S. The first-order chi connectivity index (χ1) is 9.97. The number of thioether (sulfide) groups is 1. The maximum absolute atomic E-state index is 12.3.